The molecule has 3 heterocycles. The number of carbonyl (C=O) groups is 1. The number of fused-ring (bicyclic) bond motifs is 2. The number of benzene rings is 2. The van der Waals surface area contributed by atoms with E-state index in [9.17, 15) is 4.79 Å². The first-order chi connectivity index (χ1) is 14.6. The molecule has 2 aromatic heterocycles. The number of thiophene rings is 1. The Labute approximate surface area is 177 Å². The normalized spacial score (nSPS) is 13.2. The zero-order valence-electron chi connectivity index (χ0n) is 16.2. The summed E-state index contributed by atoms with van der Waals surface area (Å²) in [6, 6.07) is 13.7. The number of nitrogens with zero attached hydrogens (tertiary/aromatic N) is 4. The van der Waals surface area contributed by atoms with Crippen LogP contribution in [0.4, 0.5) is 5.69 Å². The largest absolute Gasteiger partial charge is 0.325 e. The molecule has 0 radical (unpaired) electrons. The zero-order valence-corrected chi connectivity index (χ0v) is 17.0. The van der Waals surface area contributed by atoms with Crippen LogP contribution >= 0.6 is 11.3 Å². The molecule has 2 N–H and O–H groups in total. The first-order valence-corrected chi connectivity index (χ1v) is 10.3. The van der Waals surface area contributed by atoms with Crippen molar-refractivity contribution in [3.8, 4) is 21.7 Å². The lowest BCUT2D eigenvalue weighted by atomic mass is 9.92. The third-order valence-electron chi connectivity index (χ3n) is 5.38. The highest BCUT2D eigenvalue weighted by molar-refractivity contribution is 7.23. The van der Waals surface area contributed by atoms with Gasteiger partial charge in [-0.15, -0.1) is 11.3 Å². The molecule has 30 heavy (non-hydrogen) atoms. The van der Waals surface area contributed by atoms with Gasteiger partial charge in [0, 0.05) is 35.0 Å². The molecule has 0 spiro atoms. The van der Waals surface area contributed by atoms with Crippen LogP contribution in [0.5, 0.6) is 0 Å². The third-order valence-corrected chi connectivity index (χ3v) is 6.55. The molecule has 1 aliphatic heterocycles. The second-order valence-corrected chi connectivity index (χ2v) is 8.12. The fourth-order valence-corrected chi connectivity index (χ4v) is 5.16. The maximum Gasteiger partial charge on any atom is 0.214 e. The Kier molecular flexibility index (Phi) is 4.31. The summed E-state index contributed by atoms with van der Waals surface area (Å²) in [4.78, 5) is 21.3. The van der Waals surface area contributed by atoms with Crippen molar-refractivity contribution < 1.29 is 4.79 Å². The van der Waals surface area contributed by atoms with Gasteiger partial charge in [0.1, 0.15) is 6.54 Å². The van der Waals surface area contributed by atoms with Crippen molar-refractivity contribution in [1.29, 1.82) is 0 Å². The van der Waals surface area contributed by atoms with Crippen LogP contribution in [0.1, 0.15) is 15.9 Å². The smallest absolute Gasteiger partial charge is 0.214 e. The number of ketones is 1. The molecule has 146 valence electrons. The van der Waals surface area contributed by atoms with E-state index in [1.54, 1.807) is 22.2 Å². The topological polar surface area (TPSA) is 77.6 Å². The number of hydrogen-bond donors (Lipinski definition) is 1. The van der Waals surface area contributed by atoms with E-state index in [1.807, 2.05) is 49.5 Å². The number of nitrogens with two attached hydrogens (primary N) is 1. The molecule has 6 nitrogen and oxygen atoms in total. The summed E-state index contributed by atoms with van der Waals surface area (Å²) in [5.74, 6) is -0.0000380. The fraction of sp³-hybridized carbons (Fsp3) is 0.130. The van der Waals surface area contributed by atoms with Gasteiger partial charge in [-0.25, -0.2) is 4.85 Å². The Morgan fingerprint density at radius 1 is 1.20 bits per heavy atom. The molecule has 0 bridgehead atoms. The minimum atomic E-state index is -0.0000380. The molecule has 4 aromatic rings. The maximum absolute atomic E-state index is 12.3. The molecule has 7 heteroatoms. The van der Waals surface area contributed by atoms with Gasteiger partial charge in [0.15, 0.2) is 5.78 Å². The average molecular weight is 411 g/mol. The summed E-state index contributed by atoms with van der Waals surface area (Å²) in [5.41, 5.74) is 11.4. The summed E-state index contributed by atoms with van der Waals surface area (Å²) in [7, 11) is 1.88. The lowest BCUT2D eigenvalue weighted by Gasteiger charge is -2.16. The van der Waals surface area contributed by atoms with Crippen LogP contribution in [0.25, 0.3) is 36.6 Å². The molecule has 0 fully saturated rings. The van der Waals surface area contributed by atoms with Crippen LogP contribution in [-0.2, 0) is 7.05 Å². The molecule has 5 rings (SSSR count). The minimum Gasteiger partial charge on any atom is -0.325 e. The monoisotopic (exact) mass is 411 g/mol. The van der Waals surface area contributed by atoms with Gasteiger partial charge in [-0.1, -0.05) is 30.3 Å². The number of aliphatic imine (C=N–C) groups is 1. The molecular weight excluding hydrogens is 394 g/mol. The molecule has 0 saturated heterocycles. The Bertz CT molecular complexity index is 1400. The molecule has 0 unspecified atom stereocenters. The van der Waals surface area contributed by atoms with Crippen LogP contribution in [0.3, 0.4) is 0 Å². The molecular formula is C23H17N5OS. The Morgan fingerprint density at radius 3 is 2.83 bits per heavy atom. The van der Waals surface area contributed by atoms with E-state index in [0.29, 0.717) is 11.3 Å². The van der Waals surface area contributed by atoms with E-state index in [-0.39, 0.29) is 18.9 Å². The second-order valence-electron chi connectivity index (χ2n) is 7.07. The highest BCUT2D eigenvalue weighted by Crippen LogP contribution is 2.47. The highest BCUT2D eigenvalue weighted by atomic mass is 32.1. The van der Waals surface area contributed by atoms with Crippen LogP contribution in [-0.4, -0.2) is 34.4 Å². The van der Waals surface area contributed by atoms with Gasteiger partial charge < -0.3 is 5.73 Å². The Hall–Kier alpha value is -3.60. The maximum atomic E-state index is 12.3. The summed E-state index contributed by atoms with van der Waals surface area (Å²) >= 11 is 1.59. The first-order valence-electron chi connectivity index (χ1n) is 9.45. The molecule has 2 aromatic carbocycles. The van der Waals surface area contributed by atoms with E-state index in [2.05, 4.69) is 14.9 Å². The summed E-state index contributed by atoms with van der Waals surface area (Å²) < 4.78 is 2.87. The first kappa shape index (κ1) is 18.4. The molecule has 0 atom stereocenters. The van der Waals surface area contributed by atoms with Gasteiger partial charge in [-0.3, -0.25) is 14.5 Å². The number of Topliss-reactive ketones (excluding diaryl/α,β-unsaturated/α-hetero) is 1. The SMILES string of the molecule is [C-]#[N+]c1c(-c2c(-c3ccc4c(c3)C(CN)=NCC4=O)cnn2C)sc2ccccc12. The van der Waals surface area contributed by atoms with Crippen LogP contribution in [0.2, 0.25) is 0 Å². The molecule has 0 aliphatic carbocycles. The van der Waals surface area contributed by atoms with E-state index in [0.717, 1.165) is 43.1 Å². The number of aromatic nitrogens is 2. The molecule has 0 saturated carbocycles. The quantitative estimate of drug-likeness (QED) is 0.506. The highest BCUT2D eigenvalue weighted by Gasteiger charge is 2.24. The van der Waals surface area contributed by atoms with E-state index in [4.69, 9.17) is 12.3 Å². The van der Waals surface area contributed by atoms with Crippen molar-refractivity contribution in [2.75, 3.05) is 13.1 Å². The molecule has 1 aliphatic rings. The predicted molar refractivity (Wildman–Crippen MR) is 121 cm³/mol. The minimum absolute atomic E-state index is 0.0000380. The van der Waals surface area contributed by atoms with Crippen molar-refractivity contribution in [3.63, 3.8) is 0 Å². The lowest BCUT2D eigenvalue weighted by Crippen LogP contribution is -2.24. The van der Waals surface area contributed by atoms with Gasteiger partial charge >= 0.3 is 0 Å². The van der Waals surface area contributed by atoms with Crippen LogP contribution in [0, 0.1) is 6.57 Å². The molecule has 0 amide bonds. The zero-order chi connectivity index (χ0) is 20.8. The fourth-order valence-electron chi connectivity index (χ4n) is 3.93. The van der Waals surface area contributed by atoms with Gasteiger partial charge in [0.05, 0.1) is 29.1 Å². The summed E-state index contributed by atoms with van der Waals surface area (Å²) in [6.07, 6.45) is 1.80. The number of carbonyl (C=O) groups excluding carboxylic acids is 1. The van der Waals surface area contributed by atoms with E-state index < -0.39 is 0 Å². The lowest BCUT2D eigenvalue weighted by molar-refractivity contribution is 0.1000. The van der Waals surface area contributed by atoms with E-state index in [1.165, 1.54) is 0 Å². The summed E-state index contributed by atoms with van der Waals surface area (Å²) in [5, 5.41) is 5.43. The van der Waals surface area contributed by atoms with Crippen LogP contribution < -0.4 is 5.73 Å². The van der Waals surface area contributed by atoms with Gasteiger partial charge in [-0.2, -0.15) is 5.10 Å². The average Bonchev–Trinajstić information content (AvgIpc) is 3.33. The van der Waals surface area contributed by atoms with Crippen LogP contribution in [0.15, 0.2) is 53.7 Å². The predicted octanol–water partition coefficient (Wildman–Crippen LogP) is 4.46. The second kappa shape index (κ2) is 7.02. The summed E-state index contributed by atoms with van der Waals surface area (Å²) in [6.45, 7) is 8.19. The number of aryl methyl sites for hydroxylation is 1. The number of hydrogen-bond acceptors (Lipinski definition) is 5. The van der Waals surface area contributed by atoms with Crippen molar-refractivity contribution in [3.05, 3.63) is 71.2 Å². The van der Waals surface area contributed by atoms with E-state index >= 15 is 0 Å². The van der Waals surface area contributed by atoms with Gasteiger partial charge in [-0.05, 0) is 23.1 Å². The van der Waals surface area contributed by atoms with Crippen molar-refractivity contribution in [2.24, 2.45) is 17.8 Å². The standard InChI is InChI=1S/C23H17N5OS/c1-25-21-15-5-3-4-6-20(15)30-23(21)22-17(11-27-28(22)2)13-7-8-14-16(9-13)18(10-24)26-12-19(14)29/h3-9,11H,10,12,24H2,2H3. The number of rotatable bonds is 3. The third kappa shape index (κ3) is 2.70. The van der Waals surface area contributed by atoms with Gasteiger partial charge in [0.25, 0.3) is 0 Å². The van der Waals surface area contributed by atoms with Crippen molar-refractivity contribution in [1.82, 2.24) is 9.78 Å². The van der Waals surface area contributed by atoms with Crippen molar-refractivity contribution >= 4 is 38.6 Å². The van der Waals surface area contributed by atoms with Crippen molar-refractivity contribution in [2.45, 2.75) is 0 Å². The van der Waals surface area contributed by atoms with Gasteiger partial charge in [0.2, 0.25) is 5.69 Å². The Balaban J connectivity index is 1.73. The Morgan fingerprint density at radius 2 is 2.03 bits per heavy atom.